The third-order valence-electron chi connectivity index (χ3n) is 2.96. The summed E-state index contributed by atoms with van der Waals surface area (Å²) in [6, 6.07) is 5.05. The van der Waals surface area contributed by atoms with E-state index in [9.17, 15) is 4.79 Å². The van der Waals surface area contributed by atoms with Gasteiger partial charge in [0.1, 0.15) is 6.54 Å². The summed E-state index contributed by atoms with van der Waals surface area (Å²) in [5, 5.41) is 7.61. The lowest BCUT2D eigenvalue weighted by atomic mass is 10.3. The summed E-state index contributed by atoms with van der Waals surface area (Å²) in [5.74, 6) is -0.250. The molecule has 1 heterocycles. The van der Waals surface area contributed by atoms with Crippen molar-refractivity contribution in [1.29, 1.82) is 0 Å². The monoisotopic (exact) mass is 312 g/mol. The molecule has 106 valence electrons. The molecular formula is C13H14Cl2N4O. The van der Waals surface area contributed by atoms with Gasteiger partial charge in [-0.2, -0.15) is 5.10 Å². The van der Waals surface area contributed by atoms with E-state index in [1.165, 1.54) is 0 Å². The van der Waals surface area contributed by atoms with Crippen molar-refractivity contribution in [1.82, 2.24) is 9.78 Å². The second-order valence-electron chi connectivity index (χ2n) is 4.39. The van der Waals surface area contributed by atoms with E-state index in [0.717, 1.165) is 5.69 Å². The number of hydrogen-bond acceptors (Lipinski definition) is 3. The van der Waals surface area contributed by atoms with Crippen molar-refractivity contribution >= 4 is 40.5 Å². The number of halogens is 2. The summed E-state index contributed by atoms with van der Waals surface area (Å²) in [5.41, 5.74) is 8.35. The van der Waals surface area contributed by atoms with E-state index in [1.807, 2.05) is 6.92 Å². The first-order chi connectivity index (χ1) is 9.40. The molecule has 1 aromatic carbocycles. The van der Waals surface area contributed by atoms with Gasteiger partial charge in [0, 0.05) is 0 Å². The standard InChI is InChI=1S/C13H14Cl2N4O/c1-7-13(16)8(2)19(18-7)6-11(20)17-10-5-3-4-9(14)12(10)15/h3-5H,6,16H2,1-2H3,(H,17,20). The summed E-state index contributed by atoms with van der Waals surface area (Å²) < 4.78 is 1.55. The molecule has 20 heavy (non-hydrogen) atoms. The fourth-order valence-electron chi connectivity index (χ4n) is 1.79. The Morgan fingerprint density at radius 3 is 2.70 bits per heavy atom. The second kappa shape index (κ2) is 5.73. The Morgan fingerprint density at radius 2 is 2.10 bits per heavy atom. The number of nitrogens with one attached hydrogen (secondary N) is 1. The third kappa shape index (κ3) is 2.89. The Hall–Kier alpha value is -1.72. The van der Waals surface area contributed by atoms with Gasteiger partial charge < -0.3 is 11.1 Å². The van der Waals surface area contributed by atoms with E-state index < -0.39 is 0 Å². The summed E-state index contributed by atoms with van der Waals surface area (Å²) in [4.78, 5) is 12.0. The minimum absolute atomic E-state index is 0.0622. The van der Waals surface area contributed by atoms with Crippen LogP contribution in [0.15, 0.2) is 18.2 Å². The van der Waals surface area contributed by atoms with Gasteiger partial charge >= 0.3 is 0 Å². The van der Waals surface area contributed by atoms with Crippen molar-refractivity contribution in [2.24, 2.45) is 0 Å². The minimum atomic E-state index is -0.250. The van der Waals surface area contributed by atoms with Gasteiger partial charge in [0.2, 0.25) is 5.91 Å². The van der Waals surface area contributed by atoms with Gasteiger partial charge in [-0.1, -0.05) is 29.3 Å². The first kappa shape index (κ1) is 14.7. The van der Waals surface area contributed by atoms with Gasteiger partial charge in [-0.05, 0) is 26.0 Å². The van der Waals surface area contributed by atoms with Gasteiger partial charge in [-0.25, -0.2) is 0 Å². The number of aryl methyl sites for hydroxylation is 1. The van der Waals surface area contributed by atoms with E-state index in [0.29, 0.717) is 27.1 Å². The molecule has 0 radical (unpaired) electrons. The van der Waals surface area contributed by atoms with E-state index in [-0.39, 0.29) is 12.5 Å². The van der Waals surface area contributed by atoms with Crippen LogP contribution in [0.4, 0.5) is 11.4 Å². The van der Waals surface area contributed by atoms with Crippen LogP contribution in [0.25, 0.3) is 0 Å². The lowest BCUT2D eigenvalue weighted by Gasteiger charge is -2.09. The summed E-state index contributed by atoms with van der Waals surface area (Å²) in [6.45, 7) is 3.67. The van der Waals surface area contributed by atoms with Crippen LogP contribution in [0, 0.1) is 13.8 Å². The fourth-order valence-corrected chi connectivity index (χ4v) is 2.14. The van der Waals surface area contributed by atoms with Crippen molar-refractivity contribution in [3.63, 3.8) is 0 Å². The lowest BCUT2D eigenvalue weighted by molar-refractivity contribution is -0.116. The van der Waals surface area contributed by atoms with E-state index in [4.69, 9.17) is 28.9 Å². The van der Waals surface area contributed by atoms with Crippen LogP contribution in [-0.2, 0) is 11.3 Å². The molecule has 0 fully saturated rings. The van der Waals surface area contributed by atoms with Gasteiger partial charge in [0.05, 0.1) is 32.8 Å². The minimum Gasteiger partial charge on any atom is -0.396 e. The number of benzene rings is 1. The number of carbonyl (C=O) groups excluding carboxylic acids is 1. The summed E-state index contributed by atoms with van der Waals surface area (Å²) in [7, 11) is 0. The average molecular weight is 313 g/mol. The fraction of sp³-hybridized carbons (Fsp3) is 0.231. The SMILES string of the molecule is Cc1nn(CC(=O)Nc2cccc(Cl)c2Cl)c(C)c1N. The average Bonchev–Trinajstić information content (AvgIpc) is 2.63. The molecule has 7 heteroatoms. The van der Waals surface area contributed by atoms with Crippen LogP contribution in [0.5, 0.6) is 0 Å². The molecule has 0 aliphatic carbocycles. The Morgan fingerprint density at radius 1 is 1.40 bits per heavy atom. The number of rotatable bonds is 3. The smallest absolute Gasteiger partial charge is 0.246 e. The number of nitrogens with zero attached hydrogens (tertiary/aromatic N) is 2. The molecule has 1 amide bonds. The lowest BCUT2D eigenvalue weighted by Crippen LogP contribution is -2.20. The molecular weight excluding hydrogens is 299 g/mol. The van der Waals surface area contributed by atoms with Crippen molar-refractivity contribution in [2.75, 3.05) is 11.1 Å². The number of aromatic nitrogens is 2. The van der Waals surface area contributed by atoms with E-state index >= 15 is 0 Å². The zero-order valence-corrected chi connectivity index (χ0v) is 12.6. The van der Waals surface area contributed by atoms with Crippen molar-refractivity contribution in [3.8, 4) is 0 Å². The zero-order valence-electron chi connectivity index (χ0n) is 11.1. The molecule has 3 N–H and O–H groups in total. The maximum absolute atomic E-state index is 12.0. The maximum Gasteiger partial charge on any atom is 0.246 e. The van der Waals surface area contributed by atoms with Crippen LogP contribution < -0.4 is 11.1 Å². The Kier molecular flexibility index (Phi) is 4.20. The highest BCUT2D eigenvalue weighted by molar-refractivity contribution is 6.43. The molecule has 0 bridgehead atoms. The highest BCUT2D eigenvalue weighted by Gasteiger charge is 2.13. The third-order valence-corrected chi connectivity index (χ3v) is 3.78. The number of anilines is 2. The molecule has 0 unspecified atom stereocenters. The van der Waals surface area contributed by atoms with Crippen molar-refractivity contribution < 1.29 is 4.79 Å². The van der Waals surface area contributed by atoms with Crippen LogP contribution in [0.1, 0.15) is 11.4 Å². The van der Waals surface area contributed by atoms with Gasteiger partial charge in [-0.15, -0.1) is 0 Å². The molecule has 1 aromatic heterocycles. The topological polar surface area (TPSA) is 72.9 Å². The molecule has 0 aliphatic heterocycles. The normalized spacial score (nSPS) is 10.6. The number of amides is 1. The van der Waals surface area contributed by atoms with Gasteiger partial charge in [-0.3, -0.25) is 9.48 Å². The van der Waals surface area contributed by atoms with Crippen molar-refractivity contribution in [2.45, 2.75) is 20.4 Å². The highest BCUT2D eigenvalue weighted by atomic mass is 35.5. The Balaban J connectivity index is 2.13. The molecule has 2 rings (SSSR count). The van der Waals surface area contributed by atoms with Gasteiger partial charge in [0.25, 0.3) is 0 Å². The summed E-state index contributed by atoms with van der Waals surface area (Å²) >= 11 is 11.9. The van der Waals surface area contributed by atoms with Crippen LogP contribution in [0.2, 0.25) is 10.0 Å². The largest absolute Gasteiger partial charge is 0.396 e. The first-order valence-corrected chi connectivity index (χ1v) is 6.69. The zero-order chi connectivity index (χ0) is 14.9. The van der Waals surface area contributed by atoms with E-state index in [2.05, 4.69) is 10.4 Å². The highest BCUT2D eigenvalue weighted by Crippen LogP contribution is 2.29. The Labute approximate surface area is 126 Å². The molecule has 0 spiro atoms. The van der Waals surface area contributed by atoms with Gasteiger partial charge in [0.15, 0.2) is 0 Å². The van der Waals surface area contributed by atoms with E-state index in [1.54, 1.807) is 29.8 Å². The molecule has 0 saturated heterocycles. The molecule has 0 saturated carbocycles. The van der Waals surface area contributed by atoms with Crippen LogP contribution >= 0.6 is 23.2 Å². The van der Waals surface area contributed by atoms with Crippen LogP contribution in [0.3, 0.4) is 0 Å². The van der Waals surface area contributed by atoms with Crippen LogP contribution in [-0.4, -0.2) is 15.7 Å². The molecule has 5 nitrogen and oxygen atoms in total. The molecule has 2 aromatic rings. The maximum atomic E-state index is 12.0. The number of carbonyl (C=O) groups is 1. The quantitative estimate of drug-likeness (QED) is 0.915. The Bertz CT molecular complexity index is 667. The number of nitrogen functional groups attached to an aromatic ring is 1. The first-order valence-electron chi connectivity index (χ1n) is 5.93. The number of hydrogen-bond donors (Lipinski definition) is 2. The summed E-state index contributed by atoms with van der Waals surface area (Å²) in [6.07, 6.45) is 0. The predicted molar refractivity (Wildman–Crippen MR) is 81.2 cm³/mol. The second-order valence-corrected chi connectivity index (χ2v) is 5.18. The van der Waals surface area contributed by atoms with Crippen molar-refractivity contribution in [3.05, 3.63) is 39.6 Å². The predicted octanol–water partition coefficient (Wildman–Crippen LogP) is 3.03. The number of nitrogens with two attached hydrogens (primary N) is 1. The molecule has 0 atom stereocenters. The molecule has 0 aliphatic rings.